The molecule has 0 fully saturated rings. The van der Waals surface area contributed by atoms with Gasteiger partial charge in [0.15, 0.2) is 0 Å². The first-order valence-corrected chi connectivity index (χ1v) is 8.87. The van der Waals surface area contributed by atoms with Gasteiger partial charge in [0.1, 0.15) is 0 Å². The maximum atomic E-state index is 12.7. The molecule has 4 nitrogen and oxygen atoms in total. The number of nitrogens with one attached hydrogen (secondary N) is 1. The number of hydrogen-bond donors (Lipinski definition) is 1. The predicted molar refractivity (Wildman–Crippen MR) is 101 cm³/mol. The van der Waals surface area contributed by atoms with Crippen LogP contribution in [0.4, 0.5) is 0 Å². The number of carbonyl (C=O) groups excluding carboxylic acids is 2. The first-order chi connectivity index (χ1) is 12.2. The van der Waals surface area contributed by atoms with Gasteiger partial charge in [0.2, 0.25) is 0 Å². The smallest absolute Gasteiger partial charge is 0.253 e. The molecule has 4 heteroatoms. The van der Waals surface area contributed by atoms with Gasteiger partial charge in [0.05, 0.1) is 0 Å². The van der Waals surface area contributed by atoms with E-state index in [0.717, 1.165) is 31.5 Å². The highest BCUT2D eigenvalue weighted by molar-refractivity contribution is 5.99. The second-order valence-corrected chi connectivity index (χ2v) is 6.04. The first-order valence-electron chi connectivity index (χ1n) is 8.87. The van der Waals surface area contributed by atoms with Gasteiger partial charge in [-0.25, -0.2) is 0 Å². The summed E-state index contributed by atoms with van der Waals surface area (Å²) in [5, 5.41) is 2.90. The van der Waals surface area contributed by atoms with Gasteiger partial charge >= 0.3 is 0 Å². The molecule has 2 amide bonds. The summed E-state index contributed by atoms with van der Waals surface area (Å²) in [4.78, 5) is 26.9. The molecule has 2 aromatic carbocycles. The van der Waals surface area contributed by atoms with Crippen molar-refractivity contribution in [2.24, 2.45) is 0 Å². The van der Waals surface area contributed by atoms with Crippen molar-refractivity contribution in [2.45, 2.75) is 33.2 Å². The van der Waals surface area contributed by atoms with E-state index < -0.39 is 0 Å². The van der Waals surface area contributed by atoms with Gasteiger partial charge in [-0.15, -0.1) is 0 Å². The lowest BCUT2D eigenvalue weighted by atomic mass is 10.1. The quantitative estimate of drug-likeness (QED) is 0.794. The van der Waals surface area contributed by atoms with E-state index in [-0.39, 0.29) is 11.8 Å². The highest BCUT2D eigenvalue weighted by Crippen LogP contribution is 2.10. The molecule has 25 heavy (non-hydrogen) atoms. The summed E-state index contributed by atoms with van der Waals surface area (Å²) in [6.07, 6.45) is 1.84. The molecule has 0 bridgehead atoms. The normalized spacial score (nSPS) is 10.3. The van der Waals surface area contributed by atoms with Gasteiger partial charge < -0.3 is 10.2 Å². The molecule has 2 rings (SSSR count). The van der Waals surface area contributed by atoms with E-state index in [4.69, 9.17) is 0 Å². The van der Waals surface area contributed by atoms with Crippen LogP contribution in [0, 0.1) is 0 Å². The topological polar surface area (TPSA) is 49.4 Å². The average molecular weight is 338 g/mol. The van der Waals surface area contributed by atoms with E-state index in [1.54, 1.807) is 24.3 Å². The van der Waals surface area contributed by atoms with Crippen molar-refractivity contribution in [1.29, 1.82) is 0 Å². The molecule has 0 saturated heterocycles. The molecule has 0 unspecified atom stereocenters. The van der Waals surface area contributed by atoms with Gasteiger partial charge in [0.25, 0.3) is 11.8 Å². The zero-order valence-electron chi connectivity index (χ0n) is 15.0. The van der Waals surface area contributed by atoms with Crippen LogP contribution in [-0.4, -0.2) is 29.8 Å². The van der Waals surface area contributed by atoms with Crippen molar-refractivity contribution in [1.82, 2.24) is 10.2 Å². The van der Waals surface area contributed by atoms with Crippen LogP contribution >= 0.6 is 0 Å². The Hall–Kier alpha value is -2.62. The number of carbonyl (C=O) groups is 2. The molecule has 0 aliphatic carbocycles. The van der Waals surface area contributed by atoms with E-state index >= 15 is 0 Å². The third kappa shape index (κ3) is 5.45. The fourth-order valence-electron chi connectivity index (χ4n) is 2.71. The molecule has 0 heterocycles. The molecule has 132 valence electrons. The molecule has 0 saturated carbocycles. The molecule has 1 N–H and O–H groups in total. The Morgan fingerprint density at radius 1 is 0.880 bits per heavy atom. The maximum Gasteiger partial charge on any atom is 0.253 e. The fraction of sp³-hybridized carbons (Fsp3) is 0.333. The second kappa shape index (κ2) is 9.62. The Bertz CT molecular complexity index is 692. The van der Waals surface area contributed by atoms with Crippen LogP contribution in [0.2, 0.25) is 0 Å². The molecule has 0 aromatic heterocycles. The molecular weight excluding hydrogens is 312 g/mol. The molecule has 0 atom stereocenters. The molecule has 0 radical (unpaired) electrons. The molecule has 0 aliphatic rings. The van der Waals surface area contributed by atoms with E-state index in [9.17, 15) is 9.59 Å². The van der Waals surface area contributed by atoms with Crippen LogP contribution in [0.1, 0.15) is 53.0 Å². The third-order valence-electron chi connectivity index (χ3n) is 3.94. The molecular formula is C21H26N2O2. The number of rotatable bonds is 8. The summed E-state index contributed by atoms with van der Waals surface area (Å²) in [5.74, 6) is -0.183. The average Bonchev–Trinajstić information content (AvgIpc) is 2.66. The minimum Gasteiger partial charge on any atom is -0.348 e. The van der Waals surface area contributed by atoms with E-state index in [1.807, 2.05) is 35.2 Å². The molecule has 2 aromatic rings. The Labute approximate surface area is 149 Å². The minimum absolute atomic E-state index is 0.0126. The number of benzene rings is 2. The maximum absolute atomic E-state index is 12.7. The van der Waals surface area contributed by atoms with Gasteiger partial charge in [-0.2, -0.15) is 0 Å². The highest BCUT2D eigenvalue weighted by atomic mass is 16.2. The summed E-state index contributed by atoms with van der Waals surface area (Å²) in [6, 6.07) is 16.7. The minimum atomic E-state index is -0.170. The Morgan fingerprint density at radius 2 is 1.52 bits per heavy atom. The van der Waals surface area contributed by atoms with Crippen molar-refractivity contribution in [3.63, 3.8) is 0 Å². The Morgan fingerprint density at radius 3 is 2.16 bits per heavy atom. The predicted octanol–water partition coefficient (Wildman–Crippen LogP) is 3.88. The number of hydrogen-bond acceptors (Lipinski definition) is 2. The van der Waals surface area contributed by atoms with Gasteiger partial charge in [-0.3, -0.25) is 9.59 Å². The fourth-order valence-corrected chi connectivity index (χ4v) is 2.71. The summed E-state index contributed by atoms with van der Waals surface area (Å²) in [6.45, 7) is 6.05. The largest absolute Gasteiger partial charge is 0.348 e. The van der Waals surface area contributed by atoms with E-state index in [1.165, 1.54) is 0 Å². The van der Waals surface area contributed by atoms with Crippen LogP contribution < -0.4 is 5.32 Å². The summed E-state index contributed by atoms with van der Waals surface area (Å²) >= 11 is 0. The van der Waals surface area contributed by atoms with E-state index in [0.29, 0.717) is 17.7 Å². The van der Waals surface area contributed by atoms with Crippen LogP contribution in [0.5, 0.6) is 0 Å². The second-order valence-electron chi connectivity index (χ2n) is 6.04. The third-order valence-corrected chi connectivity index (χ3v) is 3.94. The van der Waals surface area contributed by atoms with Gasteiger partial charge in [0, 0.05) is 30.8 Å². The van der Waals surface area contributed by atoms with Crippen LogP contribution in [0.3, 0.4) is 0 Å². The van der Waals surface area contributed by atoms with Crippen molar-refractivity contribution < 1.29 is 9.59 Å². The molecule has 0 spiro atoms. The molecule has 0 aliphatic heterocycles. The van der Waals surface area contributed by atoms with Gasteiger partial charge in [-0.05, 0) is 36.6 Å². The lowest BCUT2D eigenvalue weighted by Gasteiger charge is -2.21. The zero-order chi connectivity index (χ0) is 18.1. The summed E-state index contributed by atoms with van der Waals surface area (Å²) < 4.78 is 0. The summed E-state index contributed by atoms with van der Waals surface area (Å²) in [7, 11) is 0. The SMILES string of the molecule is CCCN(CCC)C(=O)c1cccc(C(=O)NCc2ccccc2)c1. The number of amides is 2. The Kier molecular flexibility index (Phi) is 7.20. The van der Waals surface area contributed by atoms with Crippen LogP contribution in [0.15, 0.2) is 54.6 Å². The van der Waals surface area contributed by atoms with Crippen molar-refractivity contribution in [3.8, 4) is 0 Å². The Balaban J connectivity index is 2.06. The first kappa shape index (κ1) is 18.7. The lowest BCUT2D eigenvalue weighted by Crippen LogP contribution is -2.32. The van der Waals surface area contributed by atoms with Crippen LogP contribution in [-0.2, 0) is 6.54 Å². The van der Waals surface area contributed by atoms with Crippen molar-refractivity contribution >= 4 is 11.8 Å². The highest BCUT2D eigenvalue weighted by Gasteiger charge is 2.16. The standard InChI is InChI=1S/C21H26N2O2/c1-3-13-23(14-4-2)21(25)19-12-8-11-18(15-19)20(24)22-16-17-9-6-5-7-10-17/h5-12,15H,3-4,13-14,16H2,1-2H3,(H,22,24). The zero-order valence-corrected chi connectivity index (χ0v) is 15.0. The summed E-state index contributed by atoms with van der Waals surface area (Å²) in [5.41, 5.74) is 2.11. The monoisotopic (exact) mass is 338 g/mol. The van der Waals surface area contributed by atoms with E-state index in [2.05, 4.69) is 19.2 Å². The van der Waals surface area contributed by atoms with Crippen molar-refractivity contribution in [3.05, 3.63) is 71.3 Å². The number of nitrogens with zero attached hydrogens (tertiary/aromatic N) is 1. The van der Waals surface area contributed by atoms with Crippen molar-refractivity contribution in [2.75, 3.05) is 13.1 Å². The van der Waals surface area contributed by atoms with Gasteiger partial charge in [-0.1, -0.05) is 50.2 Å². The van der Waals surface area contributed by atoms with Crippen LogP contribution in [0.25, 0.3) is 0 Å². The lowest BCUT2D eigenvalue weighted by molar-refractivity contribution is 0.0755.